The van der Waals surface area contributed by atoms with Gasteiger partial charge in [-0.3, -0.25) is 4.90 Å². The molecular formula is C14H18ClN5O. The van der Waals surface area contributed by atoms with Crippen LogP contribution >= 0.6 is 11.6 Å². The Balaban J connectivity index is 1.55. The van der Waals surface area contributed by atoms with Gasteiger partial charge in [0, 0.05) is 43.3 Å². The fraction of sp³-hybridized carbons (Fsp3) is 0.429. The number of aromatic amines is 1. The van der Waals surface area contributed by atoms with Gasteiger partial charge in [-0.25, -0.2) is 5.10 Å². The summed E-state index contributed by atoms with van der Waals surface area (Å²) in [7, 11) is 0. The predicted octanol–water partition coefficient (Wildman–Crippen LogP) is 1.31. The lowest BCUT2D eigenvalue weighted by molar-refractivity contribution is 0.109. The lowest BCUT2D eigenvalue weighted by atomic mass is 10.1. The Bertz CT molecular complexity index is 569. The second kappa shape index (κ2) is 6.43. The van der Waals surface area contributed by atoms with E-state index >= 15 is 0 Å². The summed E-state index contributed by atoms with van der Waals surface area (Å²) >= 11 is 6.12. The van der Waals surface area contributed by atoms with Crippen LogP contribution in [0.15, 0.2) is 30.6 Å². The first-order chi connectivity index (χ1) is 10.2. The lowest BCUT2D eigenvalue weighted by Gasteiger charge is -2.35. The van der Waals surface area contributed by atoms with Gasteiger partial charge in [-0.15, -0.1) is 0 Å². The van der Waals surface area contributed by atoms with E-state index in [-0.39, 0.29) is 0 Å². The van der Waals surface area contributed by atoms with Crippen molar-refractivity contribution in [2.45, 2.75) is 6.10 Å². The summed E-state index contributed by atoms with van der Waals surface area (Å²) < 4.78 is 0. The summed E-state index contributed by atoms with van der Waals surface area (Å²) in [5, 5.41) is 17.7. The van der Waals surface area contributed by atoms with Crippen LogP contribution in [0.1, 0.15) is 11.7 Å². The molecule has 1 saturated heterocycles. The molecule has 0 bridgehead atoms. The second-order valence-electron chi connectivity index (χ2n) is 5.13. The largest absolute Gasteiger partial charge is 0.387 e. The van der Waals surface area contributed by atoms with Gasteiger partial charge >= 0.3 is 0 Å². The van der Waals surface area contributed by atoms with E-state index in [1.165, 1.54) is 6.33 Å². The first-order valence-electron chi connectivity index (χ1n) is 6.99. The number of aliphatic hydroxyl groups excluding tert-OH is 1. The van der Waals surface area contributed by atoms with Gasteiger partial charge in [-0.1, -0.05) is 29.8 Å². The number of nitrogens with one attached hydrogen (secondary N) is 1. The highest BCUT2D eigenvalue weighted by atomic mass is 35.5. The maximum absolute atomic E-state index is 10.3. The smallest absolute Gasteiger partial charge is 0.221 e. The summed E-state index contributed by atoms with van der Waals surface area (Å²) in [4.78, 5) is 8.55. The molecule has 1 aliphatic heterocycles. The summed E-state index contributed by atoms with van der Waals surface area (Å²) in [5.41, 5.74) is 0.789. The number of aromatic nitrogens is 3. The number of benzene rings is 1. The molecule has 6 nitrogen and oxygen atoms in total. The molecule has 7 heteroatoms. The SMILES string of the molecule is O[C@@H](CN1CCN(c2ncn[nH]2)CC1)c1ccccc1Cl. The Labute approximate surface area is 128 Å². The number of piperazine rings is 1. The molecule has 0 unspecified atom stereocenters. The molecular weight excluding hydrogens is 290 g/mol. The van der Waals surface area contributed by atoms with Crippen LogP contribution in [0.2, 0.25) is 5.02 Å². The van der Waals surface area contributed by atoms with Crippen molar-refractivity contribution in [3.05, 3.63) is 41.2 Å². The molecule has 1 fully saturated rings. The van der Waals surface area contributed by atoms with E-state index in [1.54, 1.807) is 0 Å². The van der Waals surface area contributed by atoms with Gasteiger partial charge in [0.2, 0.25) is 5.95 Å². The van der Waals surface area contributed by atoms with Crippen LogP contribution in [-0.4, -0.2) is 57.9 Å². The molecule has 21 heavy (non-hydrogen) atoms. The van der Waals surface area contributed by atoms with Crippen molar-refractivity contribution in [3.63, 3.8) is 0 Å². The summed E-state index contributed by atoms with van der Waals surface area (Å²) in [5.74, 6) is 0.807. The number of anilines is 1. The molecule has 0 radical (unpaired) electrons. The third-order valence-electron chi connectivity index (χ3n) is 3.77. The molecule has 2 N–H and O–H groups in total. The maximum Gasteiger partial charge on any atom is 0.221 e. The molecule has 0 spiro atoms. The minimum atomic E-state index is -0.560. The lowest BCUT2D eigenvalue weighted by Crippen LogP contribution is -2.48. The van der Waals surface area contributed by atoms with Gasteiger partial charge in [0.1, 0.15) is 6.33 Å². The van der Waals surface area contributed by atoms with E-state index in [9.17, 15) is 5.11 Å². The van der Waals surface area contributed by atoms with Crippen molar-refractivity contribution in [1.29, 1.82) is 0 Å². The van der Waals surface area contributed by atoms with Gasteiger partial charge in [-0.05, 0) is 6.07 Å². The standard InChI is InChI=1S/C14H18ClN5O/c15-12-4-2-1-3-11(12)13(21)9-19-5-7-20(8-6-19)14-16-10-17-18-14/h1-4,10,13,21H,5-9H2,(H,16,17,18)/t13-/m0/s1. The molecule has 112 valence electrons. The normalized spacial score (nSPS) is 17.9. The highest BCUT2D eigenvalue weighted by molar-refractivity contribution is 6.31. The van der Waals surface area contributed by atoms with E-state index in [0.717, 1.165) is 37.7 Å². The molecule has 1 aliphatic rings. The number of halogens is 1. The fourth-order valence-electron chi connectivity index (χ4n) is 2.58. The third-order valence-corrected chi connectivity index (χ3v) is 4.11. The Hall–Kier alpha value is -1.63. The number of aliphatic hydroxyl groups is 1. The maximum atomic E-state index is 10.3. The molecule has 1 aromatic carbocycles. The molecule has 0 amide bonds. The zero-order chi connectivity index (χ0) is 14.7. The number of hydrogen-bond donors (Lipinski definition) is 2. The number of hydrogen-bond acceptors (Lipinski definition) is 5. The van der Waals surface area contributed by atoms with Gasteiger partial charge in [0.25, 0.3) is 0 Å². The van der Waals surface area contributed by atoms with Gasteiger partial charge in [0.05, 0.1) is 6.10 Å². The monoisotopic (exact) mass is 307 g/mol. The Morgan fingerprint density at radius 2 is 2.00 bits per heavy atom. The molecule has 2 heterocycles. The van der Waals surface area contributed by atoms with Crippen LogP contribution in [-0.2, 0) is 0 Å². The predicted molar refractivity (Wildman–Crippen MR) is 81.4 cm³/mol. The van der Waals surface area contributed by atoms with E-state index < -0.39 is 6.10 Å². The number of H-pyrrole nitrogens is 1. The van der Waals surface area contributed by atoms with Crippen LogP contribution < -0.4 is 4.90 Å². The Morgan fingerprint density at radius 3 is 2.67 bits per heavy atom. The van der Waals surface area contributed by atoms with Crippen LogP contribution in [0.4, 0.5) is 5.95 Å². The number of rotatable bonds is 4. The zero-order valence-corrected chi connectivity index (χ0v) is 12.4. The average Bonchev–Trinajstić information content (AvgIpc) is 3.02. The van der Waals surface area contributed by atoms with Crippen molar-refractivity contribution < 1.29 is 5.11 Å². The molecule has 3 rings (SSSR count). The van der Waals surface area contributed by atoms with Crippen LogP contribution in [0.3, 0.4) is 0 Å². The van der Waals surface area contributed by atoms with E-state index in [4.69, 9.17) is 11.6 Å². The van der Waals surface area contributed by atoms with Crippen LogP contribution in [0, 0.1) is 0 Å². The van der Waals surface area contributed by atoms with Gasteiger partial charge in [-0.2, -0.15) is 10.1 Å². The first kappa shape index (κ1) is 14.3. The second-order valence-corrected chi connectivity index (χ2v) is 5.54. The molecule has 0 aliphatic carbocycles. The van der Waals surface area contributed by atoms with Crippen LogP contribution in [0.5, 0.6) is 0 Å². The highest BCUT2D eigenvalue weighted by Gasteiger charge is 2.22. The van der Waals surface area contributed by atoms with E-state index in [1.807, 2.05) is 24.3 Å². The van der Waals surface area contributed by atoms with Crippen molar-refractivity contribution in [1.82, 2.24) is 20.1 Å². The molecule has 1 aromatic heterocycles. The summed E-state index contributed by atoms with van der Waals surface area (Å²) in [6.07, 6.45) is 0.957. The van der Waals surface area contributed by atoms with E-state index in [2.05, 4.69) is 25.0 Å². The number of nitrogens with zero attached hydrogens (tertiary/aromatic N) is 4. The fourth-order valence-corrected chi connectivity index (χ4v) is 2.84. The topological polar surface area (TPSA) is 68.3 Å². The van der Waals surface area contributed by atoms with Crippen molar-refractivity contribution in [3.8, 4) is 0 Å². The minimum Gasteiger partial charge on any atom is -0.387 e. The summed E-state index contributed by atoms with van der Waals surface area (Å²) in [6.45, 7) is 4.08. The third kappa shape index (κ3) is 3.34. The molecule has 1 atom stereocenters. The number of β-amino-alcohol motifs (C(OH)–C–C–N with tert-alkyl or cyclic N) is 1. The Morgan fingerprint density at radius 1 is 1.24 bits per heavy atom. The van der Waals surface area contributed by atoms with Crippen molar-refractivity contribution in [2.75, 3.05) is 37.6 Å². The average molecular weight is 308 g/mol. The van der Waals surface area contributed by atoms with Gasteiger partial charge < -0.3 is 10.0 Å². The Kier molecular flexibility index (Phi) is 4.38. The highest BCUT2D eigenvalue weighted by Crippen LogP contribution is 2.23. The van der Waals surface area contributed by atoms with Crippen molar-refractivity contribution in [2.24, 2.45) is 0 Å². The molecule has 0 saturated carbocycles. The summed E-state index contributed by atoms with van der Waals surface area (Å²) in [6, 6.07) is 7.45. The minimum absolute atomic E-state index is 0.560. The van der Waals surface area contributed by atoms with Crippen molar-refractivity contribution >= 4 is 17.5 Å². The zero-order valence-electron chi connectivity index (χ0n) is 11.6. The van der Waals surface area contributed by atoms with Gasteiger partial charge in [0.15, 0.2) is 0 Å². The molecule has 2 aromatic rings. The van der Waals surface area contributed by atoms with E-state index in [0.29, 0.717) is 11.6 Å². The first-order valence-corrected chi connectivity index (χ1v) is 7.37. The quantitative estimate of drug-likeness (QED) is 0.891. The van der Waals surface area contributed by atoms with Crippen LogP contribution in [0.25, 0.3) is 0 Å².